The SMILES string of the molecule is CCCc1c(N)n[nH]c1-c1ccc(F)cc1I. The molecule has 2 aromatic rings. The highest BCUT2D eigenvalue weighted by molar-refractivity contribution is 14.1. The van der Waals surface area contributed by atoms with Crippen LogP contribution in [0.2, 0.25) is 0 Å². The molecular formula is C12H13FIN3. The summed E-state index contributed by atoms with van der Waals surface area (Å²) in [5, 5.41) is 6.96. The van der Waals surface area contributed by atoms with Gasteiger partial charge in [0.05, 0.1) is 5.69 Å². The van der Waals surface area contributed by atoms with Crippen molar-refractivity contribution in [3.05, 3.63) is 33.1 Å². The number of nitrogen functional groups attached to an aromatic ring is 1. The van der Waals surface area contributed by atoms with Crippen LogP contribution in [0.5, 0.6) is 0 Å². The van der Waals surface area contributed by atoms with Gasteiger partial charge >= 0.3 is 0 Å². The molecule has 5 heteroatoms. The van der Waals surface area contributed by atoms with Gasteiger partial charge in [-0.2, -0.15) is 5.10 Å². The molecule has 0 saturated carbocycles. The van der Waals surface area contributed by atoms with E-state index >= 15 is 0 Å². The monoisotopic (exact) mass is 345 g/mol. The van der Waals surface area contributed by atoms with Crippen LogP contribution in [0.4, 0.5) is 10.2 Å². The van der Waals surface area contributed by atoms with E-state index in [-0.39, 0.29) is 5.82 Å². The fourth-order valence-electron chi connectivity index (χ4n) is 1.80. The summed E-state index contributed by atoms with van der Waals surface area (Å²) in [5.41, 5.74) is 8.68. The fraction of sp³-hybridized carbons (Fsp3) is 0.250. The Morgan fingerprint density at radius 2 is 2.24 bits per heavy atom. The van der Waals surface area contributed by atoms with Crippen LogP contribution in [0.25, 0.3) is 11.3 Å². The zero-order valence-corrected chi connectivity index (χ0v) is 11.6. The summed E-state index contributed by atoms with van der Waals surface area (Å²) in [6.07, 6.45) is 1.86. The number of nitrogens with zero attached hydrogens (tertiary/aromatic N) is 1. The van der Waals surface area contributed by atoms with Gasteiger partial charge in [0, 0.05) is 14.7 Å². The maximum atomic E-state index is 13.1. The first-order chi connectivity index (χ1) is 8.13. The topological polar surface area (TPSA) is 54.7 Å². The highest BCUT2D eigenvalue weighted by atomic mass is 127. The van der Waals surface area contributed by atoms with Crippen molar-refractivity contribution in [2.24, 2.45) is 0 Å². The van der Waals surface area contributed by atoms with Crippen LogP contribution in [0.3, 0.4) is 0 Å². The predicted molar refractivity (Wildman–Crippen MR) is 75.1 cm³/mol. The molecule has 0 aliphatic rings. The fourth-order valence-corrected chi connectivity index (χ4v) is 2.54. The van der Waals surface area contributed by atoms with Crippen molar-refractivity contribution in [2.75, 3.05) is 5.73 Å². The van der Waals surface area contributed by atoms with E-state index in [0.717, 1.165) is 33.2 Å². The standard InChI is InChI=1S/C12H13FIN3/c1-2-3-9-11(16-17-12(9)15)8-5-4-7(13)6-10(8)14/h4-6H,2-3H2,1H3,(H3,15,16,17). The lowest BCUT2D eigenvalue weighted by molar-refractivity contribution is 0.627. The zero-order chi connectivity index (χ0) is 12.4. The van der Waals surface area contributed by atoms with E-state index in [1.54, 1.807) is 6.07 Å². The van der Waals surface area contributed by atoms with E-state index in [1.807, 2.05) is 0 Å². The number of nitrogens with two attached hydrogens (primary N) is 1. The minimum absolute atomic E-state index is 0.234. The number of halogens is 2. The number of benzene rings is 1. The number of aromatic nitrogens is 2. The largest absolute Gasteiger partial charge is 0.382 e. The summed E-state index contributed by atoms with van der Waals surface area (Å²) in [4.78, 5) is 0. The van der Waals surface area contributed by atoms with E-state index in [9.17, 15) is 4.39 Å². The van der Waals surface area contributed by atoms with Crippen molar-refractivity contribution in [1.82, 2.24) is 10.2 Å². The lowest BCUT2D eigenvalue weighted by atomic mass is 10.0. The lowest BCUT2D eigenvalue weighted by Crippen LogP contribution is -1.94. The van der Waals surface area contributed by atoms with Crippen molar-refractivity contribution in [3.63, 3.8) is 0 Å². The summed E-state index contributed by atoms with van der Waals surface area (Å²) < 4.78 is 13.9. The van der Waals surface area contributed by atoms with Gasteiger partial charge in [0.15, 0.2) is 0 Å². The van der Waals surface area contributed by atoms with Gasteiger partial charge in [-0.3, -0.25) is 5.10 Å². The van der Waals surface area contributed by atoms with Gasteiger partial charge in [-0.1, -0.05) is 13.3 Å². The van der Waals surface area contributed by atoms with Crippen LogP contribution in [-0.2, 0) is 6.42 Å². The van der Waals surface area contributed by atoms with Gasteiger partial charge in [-0.25, -0.2) is 4.39 Å². The summed E-state index contributed by atoms with van der Waals surface area (Å²) in [5.74, 6) is 0.296. The van der Waals surface area contributed by atoms with Crippen LogP contribution in [0.1, 0.15) is 18.9 Å². The number of anilines is 1. The Balaban J connectivity index is 2.52. The minimum Gasteiger partial charge on any atom is -0.382 e. The third-order valence-corrected chi connectivity index (χ3v) is 3.49. The molecule has 1 aromatic heterocycles. The second kappa shape index (κ2) is 5.03. The van der Waals surface area contributed by atoms with E-state index in [1.165, 1.54) is 12.1 Å². The molecule has 0 bridgehead atoms. The average Bonchev–Trinajstić information content (AvgIpc) is 2.62. The molecule has 0 atom stereocenters. The zero-order valence-electron chi connectivity index (χ0n) is 9.43. The summed E-state index contributed by atoms with van der Waals surface area (Å²) in [6, 6.07) is 4.70. The van der Waals surface area contributed by atoms with Gasteiger partial charge in [-0.15, -0.1) is 0 Å². The van der Waals surface area contributed by atoms with Crippen molar-refractivity contribution in [2.45, 2.75) is 19.8 Å². The number of aromatic amines is 1. The van der Waals surface area contributed by atoms with Gasteiger partial charge in [0.1, 0.15) is 11.6 Å². The number of H-pyrrole nitrogens is 1. The molecule has 0 spiro atoms. The molecule has 0 aliphatic carbocycles. The van der Waals surface area contributed by atoms with Crippen molar-refractivity contribution >= 4 is 28.4 Å². The number of hydrogen-bond donors (Lipinski definition) is 2. The van der Waals surface area contributed by atoms with Crippen LogP contribution >= 0.6 is 22.6 Å². The molecule has 0 radical (unpaired) electrons. The van der Waals surface area contributed by atoms with Crippen LogP contribution in [-0.4, -0.2) is 10.2 Å². The average molecular weight is 345 g/mol. The van der Waals surface area contributed by atoms with Crippen LogP contribution < -0.4 is 5.73 Å². The van der Waals surface area contributed by atoms with E-state index in [0.29, 0.717) is 5.82 Å². The van der Waals surface area contributed by atoms with Crippen molar-refractivity contribution < 1.29 is 4.39 Å². The number of nitrogens with one attached hydrogen (secondary N) is 1. The molecule has 17 heavy (non-hydrogen) atoms. The quantitative estimate of drug-likeness (QED) is 0.839. The molecule has 1 aromatic carbocycles. The van der Waals surface area contributed by atoms with Crippen LogP contribution in [0.15, 0.2) is 18.2 Å². The second-order valence-corrected chi connectivity index (χ2v) is 5.00. The molecule has 3 N–H and O–H groups in total. The smallest absolute Gasteiger partial charge is 0.149 e. The first kappa shape index (κ1) is 12.3. The van der Waals surface area contributed by atoms with E-state index in [4.69, 9.17) is 5.73 Å². The van der Waals surface area contributed by atoms with E-state index in [2.05, 4.69) is 39.7 Å². The van der Waals surface area contributed by atoms with E-state index < -0.39 is 0 Å². The Morgan fingerprint density at radius 3 is 2.88 bits per heavy atom. The molecule has 0 fully saturated rings. The summed E-state index contributed by atoms with van der Waals surface area (Å²) in [6.45, 7) is 2.09. The Kier molecular flexibility index (Phi) is 3.66. The molecule has 2 rings (SSSR count). The Hall–Kier alpha value is -1.11. The van der Waals surface area contributed by atoms with Gasteiger partial charge in [-0.05, 0) is 47.2 Å². The first-order valence-electron chi connectivity index (χ1n) is 5.41. The molecule has 1 heterocycles. The summed E-state index contributed by atoms with van der Waals surface area (Å²) >= 11 is 2.12. The third-order valence-electron chi connectivity index (χ3n) is 2.60. The Morgan fingerprint density at radius 1 is 1.47 bits per heavy atom. The molecular weight excluding hydrogens is 332 g/mol. The molecule has 90 valence electrons. The Labute approximate surface area is 113 Å². The van der Waals surface area contributed by atoms with Crippen molar-refractivity contribution in [1.29, 1.82) is 0 Å². The van der Waals surface area contributed by atoms with Crippen molar-refractivity contribution in [3.8, 4) is 11.3 Å². The second-order valence-electron chi connectivity index (χ2n) is 3.84. The van der Waals surface area contributed by atoms with Gasteiger partial charge in [0.2, 0.25) is 0 Å². The molecule has 0 unspecified atom stereocenters. The summed E-state index contributed by atoms with van der Waals surface area (Å²) in [7, 11) is 0. The first-order valence-corrected chi connectivity index (χ1v) is 6.49. The maximum Gasteiger partial charge on any atom is 0.149 e. The molecule has 0 amide bonds. The number of rotatable bonds is 3. The van der Waals surface area contributed by atoms with Gasteiger partial charge in [0.25, 0.3) is 0 Å². The minimum atomic E-state index is -0.234. The highest BCUT2D eigenvalue weighted by Gasteiger charge is 2.14. The molecule has 3 nitrogen and oxygen atoms in total. The normalized spacial score (nSPS) is 10.8. The third kappa shape index (κ3) is 2.43. The Bertz CT molecular complexity index is 537. The highest BCUT2D eigenvalue weighted by Crippen LogP contribution is 2.30. The lowest BCUT2D eigenvalue weighted by Gasteiger charge is -2.05. The maximum absolute atomic E-state index is 13.1. The molecule has 0 saturated heterocycles. The number of hydrogen-bond acceptors (Lipinski definition) is 2. The predicted octanol–water partition coefficient (Wildman–Crippen LogP) is 3.36. The molecule has 0 aliphatic heterocycles. The van der Waals surface area contributed by atoms with Crippen LogP contribution in [0, 0.1) is 9.39 Å². The van der Waals surface area contributed by atoms with Gasteiger partial charge < -0.3 is 5.73 Å².